The molecule has 142 valence electrons. The van der Waals surface area contributed by atoms with E-state index in [9.17, 15) is 4.79 Å². The summed E-state index contributed by atoms with van der Waals surface area (Å²) >= 11 is 1.55. The second-order valence-corrected chi connectivity index (χ2v) is 7.89. The SMILES string of the molecule is O=c1c2ccccc2nc(SCc2cn3ccccc3n2)n1CC1CCCO1. The number of thioether (sulfide) groups is 1. The third-order valence-electron chi connectivity index (χ3n) is 5.00. The van der Waals surface area contributed by atoms with Gasteiger partial charge in [0.2, 0.25) is 0 Å². The predicted molar refractivity (Wildman–Crippen MR) is 110 cm³/mol. The van der Waals surface area contributed by atoms with Crippen LogP contribution in [-0.2, 0) is 17.0 Å². The van der Waals surface area contributed by atoms with E-state index in [0.29, 0.717) is 17.7 Å². The van der Waals surface area contributed by atoms with Gasteiger partial charge in [-0.25, -0.2) is 9.97 Å². The number of hydrogen-bond donors (Lipinski definition) is 0. The maximum Gasteiger partial charge on any atom is 0.262 e. The molecule has 1 saturated heterocycles. The normalized spacial score (nSPS) is 16.9. The highest BCUT2D eigenvalue weighted by atomic mass is 32.2. The van der Waals surface area contributed by atoms with Gasteiger partial charge in [-0.05, 0) is 37.1 Å². The summed E-state index contributed by atoms with van der Waals surface area (Å²) in [7, 11) is 0. The molecule has 1 unspecified atom stereocenters. The van der Waals surface area contributed by atoms with Crippen molar-refractivity contribution in [2.75, 3.05) is 6.61 Å². The van der Waals surface area contributed by atoms with Crippen LogP contribution in [0.3, 0.4) is 0 Å². The molecule has 0 radical (unpaired) electrons. The Labute approximate surface area is 166 Å². The van der Waals surface area contributed by atoms with Gasteiger partial charge in [0.25, 0.3) is 5.56 Å². The van der Waals surface area contributed by atoms with Crippen molar-refractivity contribution in [1.29, 1.82) is 0 Å². The zero-order valence-electron chi connectivity index (χ0n) is 15.3. The van der Waals surface area contributed by atoms with Crippen molar-refractivity contribution < 1.29 is 4.74 Å². The van der Waals surface area contributed by atoms with Crippen LogP contribution in [0.25, 0.3) is 16.6 Å². The van der Waals surface area contributed by atoms with Gasteiger partial charge < -0.3 is 9.14 Å². The molecule has 0 saturated carbocycles. The van der Waals surface area contributed by atoms with Crippen molar-refractivity contribution in [2.24, 2.45) is 0 Å². The Balaban J connectivity index is 1.49. The van der Waals surface area contributed by atoms with E-state index < -0.39 is 0 Å². The molecule has 3 aromatic heterocycles. The number of benzene rings is 1. The van der Waals surface area contributed by atoms with Gasteiger partial charge >= 0.3 is 0 Å². The molecule has 0 bridgehead atoms. The summed E-state index contributed by atoms with van der Waals surface area (Å²) in [6, 6.07) is 13.5. The van der Waals surface area contributed by atoms with Crippen LogP contribution in [0.15, 0.2) is 64.8 Å². The average Bonchev–Trinajstić information content (AvgIpc) is 3.38. The van der Waals surface area contributed by atoms with Gasteiger partial charge in [0.15, 0.2) is 5.16 Å². The van der Waals surface area contributed by atoms with E-state index in [1.54, 1.807) is 16.3 Å². The molecule has 0 amide bonds. The summed E-state index contributed by atoms with van der Waals surface area (Å²) in [6.45, 7) is 1.31. The lowest BCUT2D eigenvalue weighted by atomic mass is 10.2. The maximum absolute atomic E-state index is 13.1. The van der Waals surface area contributed by atoms with Gasteiger partial charge in [-0.2, -0.15) is 0 Å². The first-order valence-electron chi connectivity index (χ1n) is 9.44. The zero-order chi connectivity index (χ0) is 18.9. The van der Waals surface area contributed by atoms with Crippen LogP contribution in [0.4, 0.5) is 0 Å². The van der Waals surface area contributed by atoms with Gasteiger partial charge in [0.05, 0.1) is 29.2 Å². The molecule has 1 aliphatic rings. The maximum atomic E-state index is 13.1. The summed E-state index contributed by atoms with van der Waals surface area (Å²) in [6.07, 6.45) is 6.11. The highest BCUT2D eigenvalue weighted by Crippen LogP contribution is 2.24. The van der Waals surface area contributed by atoms with E-state index in [0.717, 1.165) is 41.5 Å². The van der Waals surface area contributed by atoms with Crippen LogP contribution in [0.1, 0.15) is 18.5 Å². The Hall–Kier alpha value is -2.64. The van der Waals surface area contributed by atoms with E-state index >= 15 is 0 Å². The Morgan fingerprint density at radius 1 is 1.14 bits per heavy atom. The lowest BCUT2D eigenvalue weighted by Gasteiger charge is -2.16. The van der Waals surface area contributed by atoms with Crippen LogP contribution in [0.5, 0.6) is 0 Å². The summed E-state index contributed by atoms with van der Waals surface area (Å²) in [5.41, 5.74) is 2.61. The summed E-state index contributed by atoms with van der Waals surface area (Å²) < 4.78 is 9.55. The Morgan fingerprint density at radius 2 is 2.04 bits per heavy atom. The predicted octanol–water partition coefficient (Wildman–Crippen LogP) is 3.52. The number of pyridine rings is 1. The molecule has 1 fully saturated rings. The number of rotatable bonds is 5. The summed E-state index contributed by atoms with van der Waals surface area (Å²) in [4.78, 5) is 22.6. The molecule has 4 aromatic rings. The minimum absolute atomic E-state index is 0.00129. The second-order valence-electron chi connectivity index (χ2n) is 6.95. The number of fused-ring (bicyclic) bond motifs is 2. The number of ether oxygens (including phenoxy) is 1. The van der Waals surface area contributed by atoms with Crippen LogP contribution in [0, 0.1) is 0 Å². The minimum Gasteiger partial charge on any atom is -0.376 e. The molecule has 0 N–H and O–H groups in total. The van der Waals surface area contributed by atoms with Crippen LogP contribution in [0.2, 0.25) is 0 Å². The average molecular weight is 392 g/mol. The Kier molecular flexibility index (Phi) is 4.62. The zero-order valence-corrected chi connectivity index (χ0v) is 16.1. The lowest BCUT2D eigenvalue weighted by molar-refractivity contribution is 0.0937. The van der Waals surface area contributed by atoms with E-state index in [2.05, 4.69) is 4.98 Å². The molecular formula is C21H20N4O2S. The van der Waals surface area contributed by atoms with Crippen molar-refractivity contribution in [3.05, 3.63) is 70.9 Å². The third-order valence-corrected chi connectivity index (χ3v) is 6.01. The van der Waals surface area contributed by atoms with Crippen molar-refractivity contribution in [3.8, 4) is 0 Å². The van der Waals surface area contributed by atoms with E-state index in [-0.39, 0.29) is 11.7 Å². The van der Waals surface area contributed by atoms with E-state index in [4.69, 9.17) is 9.72 Å². The Morgan fingerprint density at radius 3 is 2.89 bits per heavy atom. The number of imidazole rings is 1. The van der Waals surface area contributed by atoms with Crippen LogP contribution < -0.4 is 5.56 Å². The molecule has 1 atom stereocenters. The lowest BCUT2D eigenvalue weighted by Crippen LogP contribution is -2.28. The standard InChI is InChI=1S/C21H20N4O2S/c26-20-17-7-1-2-8-18(17)23-21(25(20)13-16-6-5-11-27-16)28-14-15-12-24-10-4-3-9-19(24)22-15/h1-4,7-10,12,16H,5-6,11,13-14H2. The number of hydrogen-bond acceptors (Lipinski definition) is 5. The summed E-state index contributed by atoms with van der Waals surface area (Å²) in [5, 5.41) is 1.37. The first kappa shape index (κ1) is 17.5. The van der Waals surface area contributed by atoms with Crippen molar-refractivity contribution in [3.63, 3.8) is 0 Å². The monoisotopic (exact) mass is 392 g/mol. The van der Waals surface area contributed by atoms with Crippen LogP contribution in [-0.4, -0.2) is 31.6 Å². The number of para-hydroxylation sites is 1. The van der Waals surface area contributed by atoms with E-state index in [1.807, 2.05) is 59.3 Å². The molecule has 6 nitrogen and oxygen atoms in total. The number of nitrogens with zero attached hydrogens (tertiary/aromatic N) is 4. The van der Waals surface area contributed by atoms with Gasteiger partial charge in [-0.3, -0.25) is 9.36 Å². The quantitative estimate of drug-likeness (QED) is 0.384. The molecule has 4 heterocycles. The van der Waals surface area contributed by atoms with Crippen molar-refractivity contribution in [1.82, 2.24) is 18.9 Å². The first-order chi connectivity index (χ1) is 13.8. The largest absolute Gasteiger partial charge is 0.376 e. The first-order valence-corrected chi connectivity index (χ1v) is 10.4. The van der Waals surface area contributed by atoms with E-state index in [1.165, 1.54) is 0 Å². The molecular weight excluding hydrogens is 372 g/mol. The smallest absolute Gasteiger partial charge is 0.262 e. The molecule has 5 rings (SSSR count). The molecule has 0 aliphatic carbocycles. The third kappa shape index (κ3) is 3.31. The Bertz CT molecular complexity index is 1160. The molecule has 28 heavy (non-hydrogen) atoms. The second kappa shape index (κ2) is 7.41. The fourth-order valence-electron chi connectivity index (χ4n) is 3.61. The summed E-state index contributed by atoms with van der Waals surface area (Å²) in [5.74, 6) is 0.651. The van der Waals surface area contributed by atoms with Gasteiger partial charge in [-0.15, -0.1) is 0 Å². The van der Waals surface area contributed by atoms with Crippen molar-refractivity contribution >= 4 is 28.3 Å². The fourth-order valence-corrected chi connectivity index (χ4v) is 4.50. The molecule has 1 aromatic carbocycles. The molecule has 1 aliphatic heterocycles. The highest BCUT2D eigenvalue weighted by Gasteiger charge is 2.20. The highest BCUT2D eigenvalue weighted by molar-refractivity contribution is 7.98. The molecule has 7 heteroatoms. The minimum atomic E-state index is -0.00129. The van der Waals surface area contributed by atoms with Crippen molar-refractivity contribution in [2.45, 2.75) is 36.4 Å². The van der Waals surface area contributed by atoms with Gasteiger partial charge in [-0.1, -0.05) is 30.0 Å². The topological polar surface area (TPSA) is 61.4 Å². The van der Waals surface area contributed by atoms with Crippen LogP contribution >= 0.6 is 11.8 Å². The number of aromatic nitrogens is 4. The fraction of sp³-hybridized carbons (Fsp3) is 0.286. The van der Waals surface area contributed by atoms with Gasteiger partial charge in [0.1, 0.15) is 5.65 Å². The van der Waals surface area contributed by atoms with Gasteiger partial charge in [0, 0.05) is 24.8 Å². The molecule has 0 spiro atoms.